The zero-order chi connectivity index (χ0) is 25.0. The number of benzene rings is 2. The highest BCUT2D eigenvalue weighted by Crippen LogP contribution is 2.64. The van der Waals surface area contributed by atoms with Gasteiger partial charge < -0.3 is 9.84 Å². The van der Waals surface area contributed by atoms with Crippen molar-refractivity contribution in [3.8, 4) is 5.75 Å². The molecule has 2 fully saturated rings. The van der Waals surface area contributed by atoms with E-state index in [1.54, 1.807) is 6.08 Å². The average molecular weight is 485 g/mol. The number of ether oxygens (including phenoxy) is 1. The Hall–Kier alpha value is -2.60. The minimum Gasteiger partial charge on any atom is -0.427 e. The molecule has 6 heteroatoms. The first kappa shape index (κ1) is 24.1. The first-order chi connectivity index (χ1) is 16.5. The van der Waals surface area contributed by atoms with Crippen molar-refractivity contribution in [2.24, 2.45) is 17.3 Å². The maximum absolute atomic E-state index is 12.9. The molecule has 0 aliphatic heterocycles. The van der Waals surface area contributed by atoms with Crippen LogP contribution in [-0.4, -0.2) is 16.7 Å². The number of fused-ring (bicyclic) bond motifs is 5. The number of halogens is 3. The van der Waals surface area contributed by atoms with E-state index in [1.807, 2.05) is 18.2 Å². The lowest BCUT2D eigenvalue weighted by atomic mass is 9.53. The molecule has 0 saturated heterocycles. The summed E-state index contributed by atoms with van der Waals surface area (Å²) in [5.74, 6) is 1.57. The Morgan fingerprint density at radius 1 is 1.09 bits per heavy atom. The van der Waals surface area contributed by atoms with Crippen LogP contribution in [0.5, 0.6) is 5.75 Å². The molecule has 3 aliphatic carbocycles. The van der Waals surface area contributed by atoms with E-state index in [1.165, 1.54) is 30.2 Å². The number of hydrogen-bond donors (Lipinski definition) is 1. The lowest BCUT2D eigenvalue weighted by Crippen LogP contribution is -2.49. The summed E-state index contributed by atoms with van der Waals surface area (Å²) in [5.41, 5.74) is 1.33. The molecule has 2 aromatic carbocycles. The van der Waals surface area contributed by atoms with E-state index >= 15 is 0 Å². The van der Waals surface area contributed by atoms with Gasteiger partial charge in [0, 0.05) is 12.3 Å². The molecular weight excluding hydrogens is 453 g/mol. The fourth-order valence-electron chi connectivity index (χ4n) is 7.13. The fraction of sp³-hybridized carbons (Fsp3) is 0.483. The molecule has 0 radical (unpaired) electrons. The average Bonchev–Trinajstić information content (AvgIpc) is 3.07. The number of alkyl halides is 3. The zero-order valence-corrected chi connectivity index (χ0v) is 20.1. The highest BCUT2D eigenvalue weighted by molar-refractivity contribution is 5.69. The fourth-order valence-corrected chi connectivity index (χ4v) is 7.13. The van der Waals surface area contributed by atoms with Crippen molar-refractivity contribution in [1.29, 1.82) is 0 Å². The van der Waals surface area contributed by atoms with Crippen LogP contribution in [0.15, 0.2) is 48.5 Å². The van der Waals surface area contributed by atoms with Crippen molar-refractivity contribution in [2.45, 2.75) is 70.1 Å². The lowest BCUT2D eigenvalue weighted by molar-refractivity contribution is -0.137. The van der Waals surface area contributed by atoms with Gasteiger partial charge in [0.25, 0.3) is 0 Å². The Morgan fingerprint density at radius 3 is 2.51 bits per heavy atom. The van der Waals surface area contributed by atoms with Crippen LogP contribution in [0.25, 0.3) is 6.08 Å². The summed E-state index contributed by atoms with van der Waals surface area (Å²) >= 11 is 0. The topological polar surface area (TPSA) is 46.5 Å². The lowest BCUT2D eigenvalue weighted by Gasteiger charge is -2.52. The summed E-state index contributed by atoms with van der Waals surface area (Å²) < 4.78 is 43.9. The molecule has 186 valence electrons. The van der Waals surface area contributed by atoms with Crippen LogP contribution in [0.1, 0.15) is 74.1 Å². The zero-order valence-electron chi connectivity index (χ0n) is 20.1. The van der Waals surface area contributed by atoms with Crippen molar-refractivity contribution in [1.82, 2.24) is 0 Å². The second kappa shape index (κ2) is 8.51. The molecule has 5 rings (SSSR count). The highest BCUT2D eigenvalue weighted by Gasteiger charge is 2.60. The summed E-state index contributed by atoms with van der Waals surface area (Å²) in [6, 6.07) is 11.1. The Balaban J connectivity index is 1.36. The third-order valence-corrected chi connectivity index (χ3v) is 8.96. The van der Waals surface area contributed by atoms with Crippen LogP contribution < -0.4 is 4.74 Å². The van der Waals surface area contributed by atoms with Gasteiger partial charge in [-0.3, -0.25) is 4.79 Å². The van der Waals surface area contributed by atoms with E-state index in [-0.39, 0.29) is 11.4 Å². The largest absolute Gasteiger partial charge is 0.427 e. The SMILES string of the molecule is CC(=O)Oc1ccc2c(c1)CC[C@@H]1[C@@H]2CC[C@@]2(C)[C@H]1CC[C@@]2(O)/C=C\c1ccc(C(F)(F)F)cc1. The minimum atomic E-state index is -4.36. The number of carbonyl (C=O) groups is 1. The van der Waals surface area contributed by atoms with Crippen molar-refractivity contribution in [3.05, 3.63) is 70.8 Å². The molecular formula is C29H31F3O3. The van der Waals surface area contributed by atoms with Gasteiger partial charge in [0.05, 0.1) is 11.2 Å². The molecule has 35 heavy (non-hydrogen) atoms. The second-order valence-corrected chi connectivity index (χ2v) is 10.7. The Morgan fingerprint density at radius 2 is 1.83 bits per heavy atom. The highest BCUT2D eigenvalue weighted by atomic mass is 19.4. The van der Waals surface area contributed by atoms with Crippen molar-refractivity contribution in [3.63, 3.8) is 0 Å². The third kappa shape index (κ3) is 4.20. The molecule has 0 aromatic heterocycles. The first-order valence-electron chi connectivity index (χ1n) is 12.4. The van der Waals surface area contributed by atoms with E-state index in [4.69, 9.17) is 4.74 Å². The van der Waals surface area contributed by atoms with Crippen LogP contribution in [-0.2, 0) is 17.4 Å². The first-order valence-corrected chi connectivity index (χ1v) is 12.4. The van der Waals surface area contributed by atoms with Crippen LogP contribution in [0.3, 0.4) is 0 Å². The summed E-state index contributed by atoms with van der Waals surface area (Å²) in [7, 11) is 0. The molecule has 0 amide bonds. The van der Waals surface area contributed by atoms with E-state index < -0.39 is 17.3 Å². The summed E-state index contributed by atoms with van der Waals surface area (Å²) in [5, 5.41) is 11.8. The molecule has 3 nitrogen and oxygen atoms in total. The van der Waals surface area contributed by atoms with Gasteiger partial charge >= 0.3 is 12.1 Å². The number of rotatable bonds is 3. The van der Waals surface area contributed by atoms with Crippen LogP contribution in [0.4, 0.5) is 13.2 Å². The predicted octanol–water partition coefficient (Wildman–Crippen LogP) is 6.93. The molecule has 2 saturated carbocycles. The summed E-state index contributed by atoms with van der Waals surface area (Å²) in [4.78, 5) is 11.3. The Bertz CT molecular complexity index is 1150. The summed E-state index contributed by atoms with van der Waals surface area (Å²) in [6.45, 7) is 3.60. The molecule has 2 aromatic rings. The third-order valence-electron chi connectivity index (χ3n) is 8.96. The van der Waals surface area contributed by atoms with Gasteiger partial charge in [-0.1, -0.05) is 37.3 Å². The quantitative estimate of drug-likeness (QED) is 0.380. The van der Waals surface area contributed by atoms with Gasteiger partial charge in [-0.15, -0.1) is 0 Å². The number of aliphatic hydroxyl groups is 1. The molecule has 0 spiro atoms. The molecule has 0 bridgehead atoms. The van der Waals surface area contributed by atoms with E-state index in [0.717, 1.165) is 44.2 Å². The van der Waals surface area contributed by atoms with Gasteiger partial charge in [-0.25, -0.2) is 0 Å². The number of esters is 1. The van der Waals surface area contributed by atoms with Crippen molar-refractivity contribution in [2.75, 3.05) is 0 Å². The van der Waals surface area contributed by atoms with E-state index in [2.05, 4.69) is 13.0 Å². The monoisotopic (exact) mass is 484 g/mol. The van der Waals surface area contributed by atoms with E-state index in [9.17, 15) is 23.1 Å². The van der Waals surface area contributed by atoms with Crippen molar-refractivity contribution < 1.29 is 27.8 Å². The number of hydrogen-bond acceptors (Lipinski definition) is 3. The molecule has 0 unspecified atom stereocenters. The van der Waals surface area contributed by atoms with Gasteiger partial charge in [0.1, 0.15) is 5.75 Å². The van der Waals surface area contributed by atoms with Crippen LogP contribution in [0.2, 0.25) is 0 Å². The summed E-state index contributed by atoms with van der Waals surface area (Å²) in [6.07, 6.45) is 4.68. The standard InChI is InChI=1S/C29H31F3O3/c1-18(33)35-22-8-10-23-20(17-22)5-9-25-24(23)12-14-27(2)26(25)13-16-28(27,34)15-11-19-3-6-21(7-4-19)29(30,31)32/h3-4,6-8,10-11,15,17,24-26,34H,5,9,12-14,16H2,1-2H3/b15-11-/t24-,25-,26+,27+,28+/m1/s1. The number of carbonyl (C=O) groups excluding carboxylic acids is 1. The van der Waals surface area contributed by atoms with Crippen molar-refractivity contribution >= 4 is 12.0 Å². The second-order valence-electron chi connectivity index (χ2n) is 10.7. The molecule has 3 aliphatic rings. The molecule has 1 N–H and O–H groups in total. The molecule has 0 heterocycles. The smallest absolute Gasteiger partial charge is 0.416 e. The Kier molecular flexibility index (Phi) is 5.86. The van der Waals surface area contributed by atoms with Gasteiger partial charge in [-0.2, -0.15) is 13.2 Å². The van der Waals surface area contributed by atoms with Crippen LogP contribution in [0, 0.1) is 17.3 Å². The predicted molar refractivity (Wildman–Crippen MR) is 128 cm³/mol. The maximum Gasteiger partial charge on any atom is 0.416 e. The minimum absolute atomic E-state index is 0.272. The van der Waals surface area contributed by atoms with Crippen LogP contribution >= 0.6 is 0 Å². The Labute approximate surface area is 204 Å². The van der Waals surface area contributed by atoms with E-state index in [0.29, 0.717) is 35.5 Å². The normalized spacial score (nSPS) is 32.1. The number of aryl methyl sites for hydroxylation is 1. The maximum atomic E-state index is 12.9. The van der Waals surface area contributed by atoms with Gasteiger partial charge in [0.15, 0.2) is 0 Å². The molecule has 5 atom stereocenters. The van der Waals surface area contributed by atoms with Gasteiger partial charge in [-0.05, 0) is 97.2 Å². The van der Waals surface area contributed by atoms with Gasteiger partial charge in [0.2, 0.25) is 0 Å².